The molecule has 8 heteroatoms. The lowest BCUT2D eigenvalue weighted by Gasteiger charge is -2.10. The van der Waals surface area contributed by atoms with E-state index < -0.39 is 0 Å². The van der Waals surface area contributed by atoms with Crippen LogP contribution in [-0.2, 0) is 11.3 Å². The number of aromatic amines is 1. The largest absolute Gasteiger partial charge is 0.454 e. The Morgan fingerprint density at radius 1 is 1.48 bits per heavy atom. The Morgan fingerprint density at radius 2 is 2.33 bits per heavy atom. The molecule has 1 atom stereocenters. The Hall–Kier alpha value is -2.22. The molecule has 7 nitrogen and oxygen atoms in total. The molecule has 1 aliphatic rings. The van der Waals surface area contributed by atoms with Crippen molar-refractivity contribution in [2.75, 3.05) is 6.79 Å². The molecule has 0 unspecified atom stereocenters. The lowest BCUT2D eigenvalue weighted by Crippen LogP contribution is -2.30. The van der Waals surface area contributed by atoms with E-state index in [2.05, 4.69) is 20.5 Å². The topological polar surface area (TPSA) is 89.1 Å². The summed E-state index contributed by atoms with van der Waals surface area (Å²) in [6.07, 6.45) is 1.42. The number of hydrogen-bond acceptors (Lipinski definition) is 6. The molecule has 2 aromatic rings. The Balaban J connectivity index is 1.53. The molecule has 1 amide bonds. The molecule has 0 bridgehead atoms. The first-order valence-electron chi connectivity index (χ1n) is 6.40. The third-order valence-electron chi connectivity index (χ3n) is 2.95. The van der Waals surface area contributed by atoms with Crippen LogP contribution >= 0.6 is 11.8 Å². The summed E-state index contributed by atoms with van der Waals surface area (Å²) in [5.41, 5.74) is 0.962. The number of H-pyrrole nitrogens is 1. The van der Waals surface area contributed by atoms with Crippen molar-refractivity contribution < 1.29 is 14.3 Å². The van der Waals surface area contributed by atoms with E-state index in [-0.39, 0.29) is 18.0 Å². The Bertz CT molecular complexity index is 632. The number of nitrogens with one attached hydrogen (secondary N) is 2. The van der Waals surface area contributed by atoms with Crippen LogP contribution in [0.4, 0.5) is 0 Å². The first kappa shape index (κ1) is 13.7. The Labute approximate surface area is 125 Å². The third-order valence-corrected chi connectivity index (χ3v) is 3.94. The molecule has 1 aromatic heterocycles. The van der Waals surface area contributed by atoms with Gasteiger partial charge in [-0.2, -0.15) is 5.10 Å². The minimum atomic E-state index is -0.257. The lowest BCUT2D eigenvalue weighted by atomic mass is 10.2. The molecule has 110 valence electrons. The summed E-state index contributed by atoms with van der Waals surface area (Å²) in [5.74, 6) is 1.39. The maximum Gasteiger partial charge on any atom is 0.233 e. The quantitative estimate of drug-likeness (QED) is 0.810. The minimum Gasteiger partial charge on any atom is -0.454 e. The van der Waals surface area contributed by atoms with Crippen molar-refractivity contribution in [1.29, 1.82) is 0 Å². The van der Waals surface area contributed by atoms with E-state index in [1.165, 1.54) is 18.1 Å². The van der Waals surface area contributed by atoms with Crippen LogP contribution in [0.2, 0.25) is 0 Å². The van der Waals surface area contributed by atoms with Gasteiger partial charge in [0.05, 0.1) is 5.25 Å². The molecule has 1 aliphatic heterocycles. The molecule has 0 saturated carbocycles. The zero-order valence-electron chi connectivity index (χ0n) is 11.3. The zero-order chi connectivity index (χ0) is 14.7. The van der Waals surface area contributed by atoms with Crippen molar-refractivity contribution in [2.45, 2.75) is 23.9 Å². The predicted molar refractivity (Wildman–Crippen MR) is 76.1 cm³/mol. The van der Waals surface area contributed by atoms with Gasteiger partial charge in [0.1, 0.15) is 6.33 Å². The number of rotatable bonds is 5. The standard InChI is InChI=1S/C13H14N4O3S/c1-8(21-13-15-6-16-17-13)12(18)14-5-9-2-3-10-11(4-9)20-7-19-10/h2-4,6,8H,5,7H2,1H3,(H,14,18)(H,15,16,17)/t8-/m0/s1. The molecule has 21 heavy (non-hydrogen) atoms. The SMILES string of the molecule is C[C@H](Sc1ncn[nH]1)C(=O)NCc1ccc2c(c1)OCO2. The van der Waals surface area contributed by atoms with E-state index >= 15 is 0 Å². The van der Waals surface area contributed by atoms with E-state index in [1.807, 2.05) is 25.1 Å². The molecule has 0 spiro atoms. The van der Waals surface area contributed by atoms with E-state index in [1.54, 1.807) is 0 Å². The number of carbonyl (C=O) groups is 1. The number of fused-ring (bicyclic) bond motifs is 1. The minimum absolute atomic E-state index is 0.0610. The molecule has 3 rings (SSSR count). The highest BCUT2D eigenvalue weighted by Crippen LogP contribution is 2.32. The van der Waals surface area contributed by atoms with Crippen LogP contribution in [0.3, 0.4) is 0 Å². The van der Waals surface area contributed by atoms with Crippen LogP contribution in [0.5, 0.6) is 11.5 Å². The Kier molecular flexibility index (Phi) is 3.96. The molecular weight excluding hydrogens is 292 g/mol. The second-order valence-corrected chi connectivity index (χ2v) is 5.79. The fraction of sp³-hybridized carbons (Fsp3) is 0.308. The van der Waals surface area contributed by atoms with Gasteiger partial charge in [0, 0.05) is 6.54 Å². The molecule has 2 N–H and O–H groups in total. The van der Waals surface area contributed by atoms with Crippen molar-refractivity contribution in [2.24, 2.45) is 0 Å². The van der Waals surface area contributed by atoms with Gasteiger partial charge < -0.3 is 14.8 Å². The van der Waals surface area contributed by atoms with Crippen molar-refractivity contribution in [3.05, 3.63) is 30.1 Å². The van der Waals surface area contributed by atoms with Crippen LogP contribution in [0, 0.1) is 0 Å². The van der Waals surface area contributed by atoms with Crippen LogP contribution in [0.1, 0.15) is 12.5 Å². The second-order valence-electron chi connectivity index (χ2n) is 4.46. The number of ether oxygens (including phenoxy) is 2. The van der Waals surface area contributed by atoms with Gasteiger partial charge in [-0.15, -0.1) is 0 Å². The average Bonchev–Trinajstić information content (AvgIpc) is 3.14. The number of hydrogen-bond donors (Lipinski definition) is 2. The Morgan fingerprint density at radius 3 is 3.14 bits per heavy atom. The number of aromatic nitrogens is 3. The maximum absolute atomic E-state index is 12.0. The highest BCUT2D eigenvalue weighted by Gasteiger charge is 2.17. The smallest absolute Gasteiger partial charge is 0.233 e. The normalized spacial score (nSPS) is 14.0. The second kappa shape index (κ2) is 6.04. The van der Waals surface area contributed by atoms with Gasteiger partial charge in [0.25, 0.3) is 0 Å². The molecule has 0 radical (unpaired) electrons. The number of thioether (sulfide) groups is 1. The maximum atomic E-state index is 12.0. The van der Waals surface area contributed by atoms with Gasteiger partial charge in [-0.1, -0.05) is 17.8 Å². The fourth-order valence-electron chi connectivity index (χ4n) is 1.86. The summed E-state index contributed by atoms with van der Waals surface area (Å²) in [4.78, 5) is 16.0. The van der Waals surface area contributed by atoms with Gasteiger partial charge in [0.15, 0.2) is 16.7 Å². The van der Waals surface area contributed by atoms with Crippen molar-refractivity contribution in [3.63, 3.8) is 0 Å². The molecule has 2 heterocycles. The van der Waals surface area contributed by atoms with Crippen LogP contribution < -0.4 is 14.8 Å². The molecule has 0 fully saturated rings. The highest BCUT2D eigenvalue weighted by molar-refractivity contribution is 8.00. The van der Waals surface area contributed by atoms with Crippen molar-refractivity contribution in [1.82, 2.24) is 20.5 Å². The van der Waals surface area contributed by atoms with Crippen molar-refractivity contribution >= 4 is 17.7 Å². The van der Waals surface area contributed by atoms with Crippen molar-refractivity contribution in [3.8, 4) is 11.5 Å². The van der Waals surface area contributed by atoms with E-state index in [4.69, 9.17) is 9.47 Å². The monoisotopic (exact) mass is 306 g/mol. The van der Waals surface area contributed by atoms with Gasteiger partial charge in [-0.05, 0) is 24.6 Å². The number of carbonyl (C=O) groups excluding carboxylic acids is 1. The summed E-state index contributed by atoms with van der Waals surface area (Å²) in [7, 11) is 0. The van der Waals surface area contributed by atoms with Gasteiger partial charge >= 0.3 is 0 Å². The number of nitrogens with zero attached hydrogens (tertiary/aromatic N) is 2. The van der Waals surface area contributed by atoms with Gasteiger partial charge in [-0.25, -0.2) is 4.98 Å². The first-order chi connectivity index (χ1) is 10.2. The molecular formula is C13H14N4O3S. The summed E-state index contributed by atoms with van der Waals surface area (Å²) in [6.45, 7) is 2.51. The molecule has 0 aliphatic carbocycles. The highest BCUT2D eigenvalue weighted by atomic mass is 32.2. The summed E-state index contributed by atoms with van der Waals surface area (Å²) in [5, 5.41) is 9.72. The summed E-state index contributed by atoms with van der Waals surface area (Å²) < 4.78 is 10.6. The summed E-state index contributed by atoms with van der Waals surface area (Å²) >= 11 is 1.33. The van der Waals surface area contributed by atoms with Crippen LogP contribution in [0.15, 0.2) is 29.7 Å². The average molecular weight is 306 g/mol. The van der Waals surface area contributed by atoms with E-state index in [0.717, 1.165) is 11.3 Å². The number of benzene rings is 1. The summed E-state index contributed by atoms with van der Waals surface area (Å²) in [6, 6.07) is 5.62. The first-order valence-corrected chi connectivity index (χ1v) is 7.28. The van der Waals surface area contributed by atoms with E-state index in [9.17, 15) is 4.79 Å². The van der Waals surface area contributed by atoms with Gasteiger partial charge in [-0.3, -0.25) is 9.89 Å². The van der Waals surface area contributed by atoms with Crippen LogP contribution in [-0.4, -0.2) is 33.1 Å². The fourth-order valence-corrected chi connectivity index (χ4v) is 2.59. The molecule has 1 aromatic carbocycles. The van der Waals surface area contributed by atoms with Crippen LogP contribution in [0.25, 0.3) is 0 Å². The zero-order valence-corrected chi connectivity index (χ0v) is 12.1. The molecule has 0 saturated heterocycles. The van der Waals surface area contributed by atoms with Gasteiger partial charge in [0.2, 0.25) is 12.7 Å². The van der Waals surface area contributed by atoms with E-state index in [0.29, 0.717) is 17.5 Å². The lowest BCUT2D eigenvalue weighted by molar-refractivity contribution is -0.120. The predicted octanol–water partition coefficient (Wildman–Crippen LogP) is 1.33. The third kappa shape index (κ3) is 3.27. The number of amides is 1.